The highest BCUT2D eigenvalue weighted by atomic mass is 15.4. The third-order valence-corrected chi connectivity index (χ3v) is 6.69. The molecule has 0 radical (unpaired) electrons. The summed E-state index contributed by atoms with van der Waals surface area (Å²) in [7, 11) is 0. The molecular weight excluding hydrogens is 324 g/mol. The Balaban J connectivity index is 1.32. The molecule has 3 aliphatic rings. The van der Waals surface area contributed by atoms with Crippen LogP contribution in [-0.4, -0.2) is 56.9 Å². The van der Waals surface area contributed by atoms with Crippen LogP contribution in [0.15, 0.2) is 12.1 Å². The first kappa shape index (κ1) is 16.5. The first-order valence-corrected chi connectivity index (χ1v) is 10.6. The number of hydrogen-bond acceptors (Lipinski definition) is 5. The minimum absolute atomic E-state index is 0.492. The van der Waals surface area contributed by atoms with E-state index in [-0.39, 0.29) is 0 Å². The van der Waals surface area contributed by atoms with Crippen molar-refractivity contribution in [1.29, 1.82) is 0 Å². The van der Waals surface area contributed by atoms with Crippen LogP contribution < -0.4 is 4.90 Å². The van der Waals surface area contributed by atoms with Crippen molar-refractivity contribution in [2.24, 2.45) is 0 Å². The van der Waals surface area contributed by atoms with E-state index in [1.54, 1.807) is 0 Å². The number of rotatable bonds is 3. The summed E-state index contributed by atoms with van der Waals surface area (Å²) < 4.78 is 2.02. The van der Waals surface area contributed by atoms with Crippen molar-refractivity contribution in [3.8, 4) is 0 Å². The summed E-state index contributed by atoms with van der Waals surface area (Å²) in [5.74, 6) is 2.64. The molecule has 3 fully saturated rings. The number of piperidine rings is 1. The van der Waals surface area contributed by atoms with Gasteiger partial charge in [-0.05, 0) is 63.7 Å². The van der Waals surface area contributed by atoms with Gasteiger partial charge < -0.3 is 9.80 Å². The van der Waals surface area contributed by atoms with Crippen molar-refractivity contribution in [3.63, 3.8) is 0 Å². The van der Waals surface area contributed by atoms with Crippen molar-refractivity contribution >= 4 is 11.5 Å². The van der Waals surface area contributed by atoms with Crippen molar-refractivity contribution < 1.29 is 0 Å². The van der Waals surface area contributed by atoms with Gasteiger partial charge in [-0.1, -0.05) is 19.3 Å². The van der Waals surface area contributed by atoms with E-state index in [9.17, 15) is 0 Å². The molecule has 0 spiro atoms. The first-order chi connectivity index (χ1) is 12.9. The molecule has 2 aromatic rings. The molecule has 0 aromatic carbocycles. The fourth-order valence-corrected chi connectivity index (χ4v) is 5.13. The third-order valence-electron chi connectivity index (χ3n) is 6.69. The summed E-state index contributed by atoms with van der Waals surface area (Å²) in [5.41, 5.74) is 0.887. The van der Waals surface area contributed by atoms with Gasteiger partial charge in [-0.25, -0.2) is 0 Å². The molecule has 4 heterocycles. The average Bonchev–Trinajstić information content (AvgIpc) is 3.38. The van der Waals surface area contributed by atoms with Gasteiger partial charge in [0.25, 0.3) is 0 Å². The Morgan fingerprint density at radius 1 is 0.769 bits per heavy atom. The molecule has 0 atom stereocenters. The SMILES string of the molecule is c1cc2nnc(C3CCN(C4CCCCC4)CC3)n2nc1N1CCCC1. The van der Waals surface area contributed by atoms with Crippen LogP contribution in [-0.2, 0) is 0 Å². The second-order valence-electron chi connectivity index (χ2n) is 8.32. The fourth-order valence-electron chi connectivity index (χ4n) is 5.13. The zero-order valence-electron chi connectivity index (χ0n) is 15.7. The molecule has 6 nitrogen and oxygen atoms in total. The molecule has 6 heteroatoms. The van der Waals surface area contributed by atoms with Gasteiger partial charge in [0.1, 0.15) is 5.82 Å². The van der Waals surface area contributed by atoms with Gasteiger partial charge in [-0.15, -0.1) is 15.3 Å². The Kier molecular flexibility index (Phi) is 4.53. The lowest BCUT2D eigenvalue weighted by molar-refractivity contribution is 0.120. The number of fused-ring (bicyclic) bond motifs is 1. The minimum atomic E-state index is 0.492. The lowest BCUT2D eigenvalue weighted by Gasteiger charge is -2.38. The first-order valence-electron chi connectivity index (χ1n) is 10.6. The van der Waals surface area contributed by atoms with Crippen LogP contribution in [0, 0.1) is 0 Å². The van der Waals surface area contributed by atoms with Crippen molar-refractivity contribution in [2.75, 3.05) is 31.1 Å². The average molecular weight is 355 g/mol. The van der Waals surface area contributed by atoms with Crippen molar-refractivity contribution in [2.45, 2.75) is 69.7 Å². The maximum Gasteiger partial charge on any atom is 0.178 e. The Hall–Kier alpha value is -1.69. The molecule has 0 bridgehead atoms. The Morgan fingerprint density at radius 3 is 2.31 bits per heavy atom. The van der Waals surface area contributed by atoms with E-state index in [1.807, 2.05) is 4.52 Å². The predicted octanol–water partition coefficient (Wildman–Crippen LogP) is 3.24. The Bertz CT molecular complexity index is 736. The van der Waals surface area contributed by atoms with Crippen LogP contribution >= 0.6 is 0 Å². The van der Waals surface area contributed by atoms with Gasteiger partial charge in [0, 0.05) is 25.0 Å². The van der Waals surface area contributed by atoms with Crippen LogP contribution in [0.1, 0.15) is 69.5 Å². The smallest absolute Gasteiger partial charge is 0.178 e. The van der Waals surface area contributed by atoms with E-state index < -0.39 is 0 Å². The number of hydrogen-bond donors (Lipinski definition) is 0. The van der Waals surface area contributed by atoms with E-state index in [0.29, 0.717) is 5.92 Å². The summed E-state index contributed by atoms with van der Waals surface area (Å²) in [5, 5.41) is 13.8. The highest BCUT2D eigenvalue weighted by molar-refractivity contribution is 5.46. The molecule has 0 amide bonds. The summed E-state index contributed by atoms with van der Waals surface area (Å²) in [6.07, 6.45) is 12.0. The maximum absolute atomic E-state index is 4.91. The van der Waals surface area contributed by atoms with Crippen LogP contribution in [0.2, 0.25) is 0 Å². The second kappa shape index (κ2) is 7.14. The molecular formula is C20H30N6. The largest absolute Gasteiger partial charge is 0.355 e. The van der Waals surface area contributed by atoms with Crippen molar-refractivity contribution in [1.82, 2.24) is 24.7 Å². The lowest BCUT2D eigenvalue weighted by Crippen LogP contribution is -2.42. The van der Waals surface area contributed by atoms with Gasteiger partial charge >= 0.3 is 0 Å². The molecule has 1 saturated carbocycles. The predicted molar refractivity (Wildman–Crippen MR) is 103 cm³/mol. The molecule has 1 aliphatic carbocycles. The van der Waals surface area contributed by atoms with Gasteiger partial charge in [0.2, 0.25) is 0 Å². The van der Waals surface area contributed by atoms with Crippen LogP contribution in [0.25, 0.3) is 5.65 Å². The van der Waals surface area contributed by atoms with Gasteiger partial charge in [0.05, 0.1) is 0 Å². The summed E-state index contributed by atoms with van der Waals surface area (Å²) in [4.78, 5) is 5.12. The zero-order chi connectivity index (χ0) is 17.3. The normalized spacial score (nSPS) is 23.9. The quantitative estimate of drug-likeness (QED) is 0.847. The van der Waals surface area contributed by atoms with Crippen LogP contribution in [0.4, 0.5) is 5.82 Å². The standard InChI is InChI=1S/C20H30N6/c1-2-6-17(7-3-1)24-14-10-16(11-15-24)20-22-21-18-8-9-19(23-26(18)20)25-12-4-5-13-25/h8-9,16-17H,1-7,10-15H2. The molecule has 140 valence electrons. The highest BCUT2D eigenvalue weighted by Crippen LogP contribution is 2.31. The number of nitrogens with zero attached hydrogens (tertiary/aromatic N) is 6. The summed E-state index contributed by atoms with van der Waals surface area (Å²) in [6.45, 7) is 4.65. The van der Waals surface area contributed by atoms with E-state index in [1.165, 1.54) is 70.9 Å². The van der Waals surface area contributed by atoms with E-state index >= 15 is 0 Å². The fraction of sp³-hybridized carbons (Fsp3) is 0.750. The summed E-state index contributed by atoms with van der Waals surface area (Å²) in [6, 6.07) is 5.01. The maximum atomic E-state index is 4.91. The minimum Gasteiger partial charge on any atom is -0.355 e. The Morgan fingerprint density at radius 2 is 1.54 bits per heavy atom. The molecule has 26 heavy (non-hydrogen) atoms. The van der Waals surface area contributed by atoms with Gasteiger partial charge in [0.15, 0.2) is 11.5 Å². The number of likely N-dealkylation sites (tertiary alicyclic amines) is 1. The lowest BCUT2D eigenvalue weighted by atomic mass is 9.90. The molecule has 0 unspecified atom stereocenters. The van der Waals surface area contributed by atoms with E-state index in [0.717, 1.165) is 36.4 Å². The molecule has 0 N–H and O–H groups in total. The van der Waals surface area contributed by atoms with Gasteiger partial charge in [-0.2, -0.15) is 4.52 Å². The highest BCUT2D eigenvalue weighted by Gasteiger charge is 2.29. The molecule has 2 aliphatic heterocycles. The number of anilines is 1. The monoisotopic (exact) mass is 354 g/mol. The molecule has 2 saturated heterocycles. The zero-order valence-corrected chi connectivity index (χ0v) is 15.7. The second-order valence-corrected chi connectivity index (χ2v) is 8.32. The van der Waals surface area contributed by atoms with Crippen LogP contribution in [0.5, 0.6) is 0 Å². The topological polar surface area (TPSA) is 49.6 Å². The molecule has 5 rings (SSSR count). The Labute approximate surface area is 155 Å². The van der Waals surface area contributed by atoms with E-state index in [4.69, 9.17) is 5.10 Å². The van der Waals surface area contributed by atoms with E-state index in [2.05, 4.69) is 32.1 Å². The summed E-state index contributed by atoms with van der Waals surface area (Å²) >= 11 is 0. The van der Waals surface area contributed by atoms with Gasteiger partial charge in [-0.3, -0.25) is 0 Å². The third kappa shape index (κ3) is 3.08. The van der Waals surface area contributed by atoms with Crippen molar-refractivity contribution in [3.05, 3.63) is 18.0 Å². The molecule has 2 aromatic heterocycles. The van der Waals surface area contributed by atoms with Crippen LogP contribution in [0.3, 0.4) is 0 Å². The number of aromatic nitrogens is 4.